The van der Waals surface area contributed by atoms with E-state index >= 15 is 0 Å². The molecular formula is C33H28Cl2. The highest BCUT2D eigenvalue weighted by Crippen LogP contribution is 2.63. The molecule has 2 heteroatoms. The fourth-order valence-corrected chi connectivity index (χ4v) is 8.21. The van der Waals surface area contributed by atoms with E-state index in [4.69, 9.17) is 23.2 Å². The first-order chi connectivity index (χ1) is 17.0. The van der Waals surface area contributed by atoms with E-state index in [1.807, 2.05) is 6.07 Å². The highest BCUT2D eigenvalue weighted by atomic mass is 35.5. The predicted molar refractivity (Wildman–Crippen MR) is 149 cm³/mol. The van der Waals surface area contributed by atoms with Gasteiger partial charge in [0.25, 0.3) is 0 Å². The summed E-state index contributed by atoms with van der Waals surface area (Å²) in [5, 5.41) is 4.03. The first-order valence-electron chi connectivity index (χ1n) is 12.8. The molecule has 0 amide bonds. The third-order valence-electron chi connectivity index (χ3n) is 9.02. The van der Waals surface area contributed by atoms with Crippen molar-refractivity contribution in [3.8, 4) is 22.3 Å². The van der Waals surface area contributed by atoms with Crippen LogP contribution in [0, 0.1) is 17.8 Å². The molecule has 0 heterocycles. The first kappa shape index (κ1) is 21.7. The SMILES string of the molecule is CC1=CC2(c3ccc(-c4cccc5ccccc45)cc3-c3c(Cl)cc(Cl)cc32)C2CC(C)CC1C2. The minimum Gasteiger partial charge on any atom is -0.0843 e. The first-order valence-corrected chi connectivity index (χ1v) is 13.5. The zero-order chi connectivity index (χ0) is 23.9. The Balaban J connectivity index is 1.52. The summed E-state index contributed by atoms with van der Waals surface area (Å²) in [4.78, 5) is 0. The highest BCUT2D eigenvalue weighted by molar-refractivity contribution is 6.37. The van der Waals surface area contributed by atoms with Crippen molar-refractivity contribution in [3.63, 3.8) is 0 Å². The van der Waals surface area contributed by atoms with Crippen LogP contribution in [0.5, 0.6) is 0 Å². The van der Waals surface area contributed by atoms with E-state index in [-0.39, 0.29) is 5.41 Å². The number of hydrogen-bond donors (Lipinski definition) is 0. The maximum absolute atomic E-state index is 6.99. The molecule has 1 spiro atoms. The molecular weight excluding hydrogens is 467 g/mol. The summed E-state index contributed by atoms with van der Waals surface area (Å²) in [6.45, 7) is 4.77. The van der Waals surface area contributed by atoms with E-state index < -0.39 is 0 Å². The molecule has 4 aromatic carbocycles. The Morgan fingerprint density at radius 2 is 1.63 bits per heavy atom. The Morgan fingerprint density at radius 1 is 0.800 bits per heavy atom. The van der Waals surface area contributed by atoms with Crippen molar-refractivity contribution < 1.29 is 0 Å². The molecule has 4 atom stereocenters. The quantitative estimate of drug-likeness (QED) is 0.231. The summed E-state index contributed by atoms with van der Waals surface area (Å²) in [6.07, 6.45) is 6.40. The van der Waals surface area contributed by atoms with Gasteiger partial charge >= 0.3 is 0 Å². The third kappa shape index (κ3) is 3.06. The van der Waals surface area contributed by atoms with Crippen LogP contribution in [-0.4, -0.2) is 0 Å². The van der Waals surface area contributed by atoms with Crippen LogP contribution in [0.1, 0.15) is 44.2 Å². The summed E-state index contributed by atoms with van der Waals surface area (Å²) in [6, 6.07) is 26.4. The number of benzene rings is 4. The fourth-order valence-electron chi connectivity index (χ4n) is 7.61. The molecule has 0 N–H and O–H groups in total. The van der Waals surface area contributed by atoms with Crippen molar-refractivity contribution in [2.24, 2.45) is 17.8 Å². The molecule has 4 unspecified atom stereocenters. The van der Waals surface area contributed by atoms with Gasteiger partial charge in [-0.1, -0.05) is 96.4 Å². The maximum atomic E-state index is 6.99. The molecule has 2 bridgehead atoms. The Morgan fingerprint density at radius 3 is 2.51 bits per heavy atom. The van der Waals surface area contributed by atoms with Gasteiger partial charge in [-0.2, -0.15) is 0 Å². The van der Waals surface area contributed by atoms with E-state index in [9.17, 15) is 0 Å². The molecule has 0 aliphatic heterocycles. The van der Waals surface area contributed by atoms with Gasteiger partial charge < -0.3 is 0 Å². The second-order valence-electron chi connectivity index (χ2n) is 11.1. The Bertz CT molecular complexity index is 1540. The predicted octanol–water partition coefficient (Wildman–Crippen LogP) is 10.1. The molecule has 1 fully saturated rings. The van der Waals surface area contributed by atoms with Gasteiger partial charge in [0.15, 0.2) is 0 Å². The molecule has 7 rings (SSSR count). The zero-order valence-corrected chi connectivity index (χ0v) is 21.6. The average molecular weight is 495 g/mol. The lowest BCUT2D eigenvalue weighted by molar-refractivity contribution is 0.168. The standard InChI is InChI=1S/C33H28Cl2/c1-19-12-23-14-24(13-19)33(18-20(23)2)29-11-10-22(27-9-5-7-21-6-3-4-8-26(21)27)15-28(29)32-30(33)16-25(34)17-31(32)35/h3-11,15-19,23-24H,12-14H2,1-2H3. The van der Waals surface area contributed by atoms with Crippen LogP contribution in [0.2, 0.25) is 10.0 Å². The summed E-state index contributed by atoms with van der Waals surface area (Å²) in [5.74, 6) is 2.00. The van der Waals surface area contributed by atoms with Crippen LogP contribution < -0.4 is 0 Å². The van der Waals surface area contributed by atoms with Crippen molar-refractivity contribution in [1.82, 2.24) is 0 Å². The number of halogens is 2. The van der Waals surface area contributed by atoms with Crippen LogP contribution in [0.25, 0.3) is 33.0 Å². The number of allylic oxidation sites excluding steroid dienone is 2. The van der Waals surface area contributed by atoms with E-state index in [2.05, 4.69) is 86.7 Å². The fraction of sp³-hybridized carbons (Fsp3) is 0.273. The minimum atomic E-state index is -0.147. The topological polar surface area (TPSA) is 0 Å². The summed E-state index contributed by atoms with van der Waals surface area (Å²) < 4.78 is 0. The van der Waals surface area contributed by atoms with Crippen molar-refractivity contribution in [2.45, 2.75) is 38.5 Å². The molecule has 0 saturated heterocycles. The number of hydrogen-bond acceptors (Lipinski definition) is 0. The average Bonchev–Trinajstić information content (AvgIpc) is 3.12. The maximum Gasteiger partial charge on any atom is 0.0502 e. The van der Waals surface area contributed by atoms with E-state index in [0.29, 0.717) is 11.8 Å². The molecule has 0 aromatic heterocycles. The zero-order valence-electron chi connectivity index (χ0n) is 20.1. The van der Waals surface area contributed by atoms with Gasteiger partial charge in [0.05, 0.1) is 5.02 Å². The van der Waals surface area contributed by atoms with E-state index in [1.165, 1.54) is 69.0 Å². The largest absolute Gasteiger partial charge is 0.0843 e. The van der Waals surface area contributed by atoms with Gasteiger partial charge in [-0.25, -0.2) is 0 Å². The van der Waals surface area contributed by atoms with Gasteiger partial charge in [0.1, 0.15) is 0 Å². The van der Waals surface area contributed by atoms with Crippen molar-refractivity contribution in [2.75, 3.05) is 0 Å². The van der Waals surface area contributed by atoms with Crippen LogP contribution in [-0.2, 0) is 5.41 Å². The van der Waals surface area contributed by atoms with Gasteiger partial charge in [0.2, 0.25) is 0 Å². The molecule has 174 valence electrons. The van der Waals surface area contributed by atoms with E-state index in [0.717, 1.165) is 16.0 Å². The lowest BCUT2D eigenvalue weighted by Gasteiger charge is -2.49. The van der Waals surface area contributed by atoms with Crippen LogP contribution >= 0.6 is 23.2 Å². The monoisotopic (exact) mass is 494 g/mol. The third-order valence-corrected chi connectivity index (χ3v) is 9.54. The molecule has 1 saturated carbocycles. The lowest BCUT2D eigenvalue weighted by Crippen LogP contribution is -2.42. The second kappa shape index (κ2) is 7.73. The van der Waals surface area contributed by atoms with Crippen molar-refractivity contribution in [3.05, 3.63) is 106 Å². The minimum absolute atomic E-state index is 0.147. The number of fused-ring (bicyclic) bond motifs is 9. The Hall–Kier alpha value is -2.54. The van der Waals surface area contributed by atoms with Gasteiger partial charge in [-0.05, 0) is 101 Å². The molecule has 0 radical (unpaired) electrons. The molecule has 4 aromatic rings. The van der Waals surface area contributed by atoms with Gasteiger partial charge in [-0.3, -0.25) is 0 Å². The lowest BCUT2D eigenvalue weighted by atomic mass is 9.55. The second-order valence-corrected chi connectivity index (χ2v) is 11.9. The smallest absolute Gasteiger partial charge is 0.0502 e. The van der Waals surface area contributed by atoms with E-state index in [1.54, 1.807) is 0 Å². The van der Waals surface area contributed by atoms with Crippen molar-refractivity contribution >= 4 is 34.0 Å². The van der Waals surface area contributed by atoms with Crippen LogP contribution in [0.15, 0.2) is 84.4 Å². The van der Waals surface area contributed by atoms with Crippen molar-refractivity contribution in [1.29, 1.82) is 0 Å². The molecule has 0 nitrogen and oxygen atoms in total. The van der Waals surface area contributed by atoms with Crippen LogP contribution in [0.3, 0.4) is 0 Å². The molecule has 3 aliphatic carbocycles. The summed E-state index contributed by atoms with van der Waals surface area (Å²) in [5.41, 5.74) is 9.03. The normalized spacial score (nSPS) is 26.5. The molecule has 35 heavy (non-hydrogen) atoms. The molecule has 3 aliphatic rings. The summed E-state index contributed by atoms with van der Waals surface area (Å²) >= 11 is 13.7. The Labute approximate surface area is 217 Å². The highest BCUT2D eigenvalue weighted by Gasteiger charge is 2.52. The summed E-state index contributed by atoms with van der Waals surface area (Å²) in [7, 11) is 0. The van der Waals surface area contributed by atoms with Gasteiger partial charge in [-0.15, -0.1) is 0 Å². The van der Waals surface area contributed by atoms with Gasteiger partial charge in [0, 0.05) is 16.0 Å². The number of rotatable bonds is 1. The Kier molecular flexibility index (Phi) is 4.80. The van der Waals surface area contributed by atoms with Crippen LogP contribution in [0.4, 0.5) is 0 Å².